The highest BCUT2D eigenvalue weighted by Gasteiger charge is 2.26. The Bertz CT molecular complexity index is 808. The Morgan fingerprint density at radius 1 is 1.52 bits per heavy atom. The van der Waals surface area contributed by atoms with E-state index < -0.39 is 0 Å². The maximum atomic E-state index is 12.6. The third-order valence-corrected chi connectivity index (χ3v) is 4.40. The highest BCUT2D eigenvalue weighted by Crippen LogP contribution is 2.23. The third kappa shape index (κ3) is 3.64. The van der Waals surface area contributed by atoms with Gasteiger partial charge in [0.1, 0.15) is 6.10 Å². The monoisotopic (exact) mass is 339 g/mol. The molecule has 1 unspecified atom stereocenters. The van der Waals surface area contributed by atoms with E-state index in [1.54, 1.807) is 29.3 Å². The number of nitrogens with one attached hydrogen (secondary N) is 1. The number of benzene rings is 1. The lowest BCUT2D eigenvalue weighted by molar-refractivity contribution is -0.0135. The normalized spacial score (nSPS) is 17.2. The van der Waals surface area contributed by atoms with Gasteiger partial charge in [-0.1, -0.05) is 6.07 Å². The fourth-order valence-corrected chi connectivity index (χ4v) is 2.84. The van der Waals surface area contributed by atoms with E-state index in [1.165, 1.54) is 0 Å². The van der Waals surface area contributed by atoms with Gasteiger partial charge in [-0.3, -0.25) is 4.68 Å². The average molecular weight is 339 g/mol. The molecule has 1 fully saturated rings. The third-order valence-electron chi connectivity index (χ3n) is 4.40. The number of anilines is 1. The van der Waals surface area contributed by atoms with Crippen molar-refractivity contribution in [2.45, 2.75) is 26.5 Å². The highest BCUT2D eigenvalue weighted by atomic mass is 16.5. The maximum Gasteiger partial charge on any atom is 0.322 e. The molecule has 7 heteroatoms. The molecule has 0 aliphatic carbocycles. The van der Waals surface area contributed by atoms with Crippen molar-refractivity contribution in [3.63, 3.8) is 0 Å². The van der Waals surface area contributed by atoms with Crippen molar-refractivity contribution in [2.75, 3.05) is 25.0 Å². The molecule has 1 aliphatic heterocycles. The van der Waals surface area contributed by atoms with Gasteiger partial charge in [-0.15, -0.1) is 0 Å². The van der Waals surface area contributed by atoms with Crippen LogP contribution >= 0.6 is 0 Å². The molecule has 1 aromatic carbocycles. The molecule has 1 aromatic heterocycles. The van der Waals surface area contributed by atoms with Crippen LogP contribution in [0.25, 0.3) is 0 Å². The van der Waals surface area contributed by atoms with Crippen molar-refractivity contribution in [1.82, 2.24) is 14.7 Å². The number of nitriles is 1. The fraction of sp³-hybridized carbons (Fsp3) is 0.389. The minimum atomic E-state index is -0.186. The minimum absolute atomic E-state index is 0.175. The van der Waals surface area contributed by atoms with E-state index in [-0.39, 0.29) is 12.1 Å². The van der Waals surface area contributed by atoms with E-state index in [1.807, 2.05) is 24.7 Å². The van der Waals surface area contributed by atoms with Gasteiger partial charge in [-0.25, -0.2) is 4.79 Å². The second-order valence-corrected chi connectivity index (χ2v) is 5.95. The number of urea groups is 1. The summed E-state index contributed by atoms with van der Waals surface area (Å²) in [7, 11) is 0. The van der Waals surface area contributed by atoms with Crippen LogP contribution < -0.4 is 5.32 Å². The number of aromatic nitrogens is 2. The zero-order valence-electron chi connectivity index (χ0n) is 14.4. The van der Waals surface area contributed by atoms with Crippen LogP contribution in [0.1, 0.15) is 29.7 Å². The molecule has 2 aromatic rings. The predicted octanol–water partition coefficient (Wildman–Crippen LogP) is 2.69. The first-order chi connectivity index (χ1) is 12.1. The number of ether oxygens (including phenoxy) is 1. The van der Waals surface area contributed by atoms with E-state index in [2.05, 4.69) is 16.5 Å². The fourth-order valence-electron chi connectivity index (χ4n) is 2.84. The van der Waals surface area contributed by atoms with Gasteiger partial charge in [0.05, 0.1) is 31.0 Å². The van der Waals surface area contributed by atoms with Crippen LogP contribution in [-0.2, 0) is 11.3 Å². The number of morpholine rings is 1. The summed E-state index contributed by atoms with van der Waals surface area (Å²) in [6.07, 6.45) is 3.56. The number of rotatable bonds is 3. The number of carbonyl (C=O) groups is 1. The molecule has 1 aliphatic rings. The zero-order valence-corrected chi connectivity index (χ0v) is 14.4. The molecule has 130 valence electrons. The minimum Gasteiger partial charge on any atom is -0.370 e. The second kappa shape index (κ2) is 7.36. The molecule has 0 radical (unpaired) electrons. The number of amides is 2. The number of hydrogen-bond acceptors (Lipinski definition) is 4. The van der Waals surface area contributed by atoms with E-state index in [0.29, 0.717) is 30.9 Å². The quantitative estimate of drug-likeness (QED) is 0.932. The van der Waals surface area contributed by atoms with Gasteiger partial charge in [-0.2, -0.15) is 10.4 Å². The first-order valence-corrected chi connectivity index (χ1v) is 8.32. The summed E-state index contributed by atoms with van der Waals surface area (Å²) in [5.74, 6) is 0. The van der Waals surface area contributed by atoms with Crippen LogP contribution in [-0.4, -0.2) is 40.4 Å². The van der Waals surface area contributed by atoms with Gasteiger partial charge >= 0.3 is 6.03 Å². The summed E-state index contributed by atoms with van der Waals surface area (Å²) in [6.45, 7) is 6.13. The number of carbonyl (C=O) groups excluding carboxylic acids is 1. The SMILES string of the molecule is CCn1cc(C2CN(C(=O)Nc3cccc(C#N)c3C)CCO2)cn1. The van der Waals surface area contributed by atoms with Crippen LogP contribution in [0.2, 0.25) is 0 Å². The lowest BCUT2D eigenvalue weighted by Crippen LogP contribution is -2.44. The Balaban J connectivity index is 1.69. The summed E-state index contributed by atoms with van der Waals surface area (Å²) in [4.78, 5) is 14.3. The second-order valence-electron chi connectivity index (χ2n) is 5.95. The van der Waals surface area contributed by atoms with Crippen molar-refractivity contribution in [3.8, 4) is 6.07 Å². The molecule has 0 spiro atoms. The summed E-state index contributed by atoms with van der Waals surface area (Å²) < 4.78 is 7.64. The Hall–Kier alpha value is -2.85. The van der Waals surface area contributed by atoms with Crippen LogP contribution in [0.15, 0.2) is 30.6 Å². The smallest absolute Gasteiger partial charge is 0.322 e. The molecule has 7 nitrogen and oxygen atoms in total. The lowest BCUT2D eigenvalue weighted by atomic mass is 10.1. The van der Waals surface area contributed by atoms with Crippen molar-refractivity contribution in [2.24, 2.45) is 0 Å². The van der Waals surface area contributed by atoms with E-state index >= 15 is 0 Å². The summed E-state index contributed by atoms with van der Waals surface area (Å²) in [5, 5.41) is 16.3. The van der Waals surface area contributed by atoms with Crippen LogP contribution in [0.4, 0.5) is 10.5 Å². The first-order valence-electron chi connectivity index (χ1n) is 8.32. The number of aryl methyl sites for hydroxylation is 1. The topological polar surface area (TPSA) is 83.2 Å². The molecule has 3 rings (SSSR count). The molecule has 2 heterocycles. The largest absolute Gasteiger partial charge is 0.370 e. The van der Waals surface area contributed by atoms with Gasteiger partial charge in [0.25, 0.3) is 0 Å². The molecular formula is C18H21N5O2. The van der Waals surface area contributed by atoms with E-state index in [9.17, 15) is 4.79 Å². The molecule has 1 N–H and O–H groups in total. The van der Waals surface area contributed by atoms with Crippen molar-refractivity contribution in [1.29, 1.82) is 5.26 Å². The molecule has 0 bridgehead atoms. The molecule has 2 amide bonds. The first kappa shape index (κ1) is 17.0. The summed E-state index contributed by atoms with van der Waals surface area (Å²) >= 11 is 0. The van der Waals surface area contributed by atoms with Crippen molar-refractivity contribution < 1.29 is 9.53 Å². The summed E-state index contributed by atoms with van der Waals surface area (Å²) in [6, 6.07) is 7.25. The number of nitrogens with zero attached hydrogens (tertiary/aromatic N) is 4. The molecule has 0 saturated carbocycles. The molecular weight excluding hydrogens is 318 g/mol. The lowest BCUT2D eigenvalue weighted by Gasteiger charge is -2.32. The predicted molar refractivity (Wildman–Crippen MR) is 93.1 cm³/mol. The Morgan fingerprint density at radius 2 is 2.36 bits per heavy atom. The van der Waals surface area contributed by atoms with Crippen molar-refractivity contribution in [3.05, 3.63) is 47.3 Å². The molecule has 1 saturated heterocycles. The van der Waals surface area contributed by atoms with Crippen molar-refractivity contribution >= 4 is 11.7 Å². The van der Waals surface area contributed by atoms with E-state index in [0.717, 1.165) is 17.7 Å². The highest BCUT2D eigenvalue weighted by molar-refractivity contribution is 5.90. The van der Waals surface area contributed by atoms with Gasteiger partial charge in [0.2, 0.25) is 0 Å². The summed E-state index contributed by atoms with van der Waals surface area (Å²) in [5.41, 5.74) is 2.96. The Morgan fingerprint density at radius 3 is 3.08 bits per heavy atom. The molecule has 25 heavy (non-hydrogen) atoms. The van der Waals surface area contributed by atoms with Gasteiger partial charge in [0.15, 0.2) is 0 Å². The maximum absolute atomic E-state index is 12.6. The number of hydrogen-bond donors (Lipinski definition) is 1. The zero-order chi connectivity index (χ0) is 17.8. The van der Waals surface area contributed by atoms with Gasteiger partial charge in [-0.05, 0) is 31.5 Å². The molecule has 1 atom stereocenters. The van der Waals surface area contributed by atoms with Crippen LogP contribution in [0, 0.1) is 18.3 Å². The standard InChI is InChI=1S/C18H21N5O2/c1-3-23-11-15(10-20-23)17-12-22(7-8-25-17)18(24)21-16-6-4-5-14(9-19)13(16)2/h4-6,10-11,17H,3,7-8,12H2,1-2H3,(H,21,24). The van der Waals surface area contributed by atoms with Crippen LogP contribution in [0.5, 0.6) is 0 Å². The average Bonchev–Trinajstić information content (AvgIpc) is 3.13. The van der Waals surface area contributed by atoms with Crippen LogP contribution in [0.3, 0.4) is 0 Å². The van der Waals surface area contributed by atoms with Gasteiger partial charge < -0.3 is 15.0 Å². The Labute approximate surface area is 146 Å². The van der Waals surface area contributed by atoms with E-state index in [4.69, 9.17) is 10.00 Å². The Kier molecular flexibility index (Phi) is 5.00. The van der Waals surface area contributed by atoms with Gasteiger partial charge in [0, 0.05) is 30.5 Å².